The zero-order valence-electron chi connectivity index (χ0n) is 16.8. The number of phenolic OH excluding ortho intramolecular Hbond substituents is 1. The quantitative estimate of drug-likeness (QED) is 0.673. The number of aliphatic carboxylic acids is 1. The topological polar surface area (TPSA) is 99.4 Å². The van der Waals surface area contributed by atoms with E-state index in [0.29, 0.717) is 28.1 Å². The lowest BCUT2D eigenvalue weighted by Crippen LogP contribution is -2.28. The summed E-state index contributed by atoms with van der Waals surface area (Å²) in [7, 11) is 0. The average Bonchev–Trinajstić information content (AvgIpc) is 2.99. The molecule has 1 atom stereocenters. The molecule has 2 aromatic carbocycles. The normalized spacial score (nSPS) is 17.6. The van der Waals surface area contributed by atoms with Gasteiger partial charge in [0.15, 0.2) is 11.3 Å². The maximum absolute atomic E-state index is 12.8. The van der Waals surface area contributed by atoms with Crippen molar-refractivity contribution in [3.8, 4) is 11.5 Å². The molecule has 1 aliphatic rings. The molecule has 0 aliphatic carbocycles. The fourth-order valence-corrected chi connectivity index (χ4v) is 3.81. The number of thioether (sulfide) groups is 1. The predicted molar refractivity (Wildman–Crippen MR) is 117 cm³/mol. The van der Waals surface area contributed by atoms with Crippen LogP contribution in [0.3, 0.4) is 0 Å². The number of aryl methyl sites for hydroxylation is 1. The number of aromatic hydroxyl groups is 1. The number of carboxylic acid groups (broad SMARTS) is 1. The summed E-state index contributed by atoms with van der Waals surface area (Å²) in [6.07, 6.45) is 0.800. The van der Waals surface area contributed by atoms with E-state index in [1.165, 1.54) is 18.7 Å². The number of hydrogen-bond acceptors (Lipinski definition) is 6. The third kappa shape index (κ3) is 4.83. The smallest absolute Gasteiger partial charge is 0.344 e. The van der Waals surface area contributed by atoms with Crippen LogP contribution in [0.1, 0.15) is 25.0 Å². The molecule has 0 radical (unpaired) electrons. The molecule has 30 heavy (non-hydrogen) atoms. The third-order valence-corrected chi connectivity index (χ3v) is 5.40. The highest BCUT2D eigenvalue weighted by atomic mass is 32.2. The van der Waals surface area contributed by atoms with Gasteiger partial charge in [-0.1, -0.05) is 18.2 Å². The monoisotopic (exact) mass is 426 g/mol. The van der Waals surface area contributed by atoms with Crippen LogP contribution in [0.15, 0.2) is 52.4 Å². The molecule has 0 bridgehead atoms. The minimum absolute atomic E-state index is 0.0650. The molecule has 0 aromatic heterocycles. The van der Waals surface area contributed by atoms with Gasteiger partial charge in [-0.25, -0.2) is 9.79 Å². The zero-order valence-corrected chi connectivity index (χ0v) is 17.6. The summed E-state index contributed by atoms with van der Waals surface area (Å²) in [4.78, 5) is 30.2. The molecule has 0 spiro atoms. The van der Waals surface area contributed by atoms with E-state index in [4.69, 9.17) is 9.84 Å². The molecule has 1 heterocycles. The number of likely N-dealkylation sites (N-methyl/N-ethyl adjacent to an activating group) is 1. The summed E-state index contributed by atoms with van der Waals surface area (Å²) in [6, 6.07) is 12.0. The lowest BCUT2D eigenvalue weighted by molar-refractivity contribution is -0.144. The fourth-order valence-electron chi connectivity index (χ4n) is 2.75. The molecule has 1 amide bonds. The molecular weight excluding hydrogens is 404 g/mol. The molecule has 2 aromatic rings. The number of carboxylic acids is 1. The summed E-state index contributed by atoms with van der Waals surface area (Å²) in [5.41, 5.74) is 2.10. The summed E-state index contributed by atoms with van der Waals surface area (Å²) >= 11 is 1.24. The highest BCUT2D eigenvalue weighted by molar-refractivity contribution is 8.18. The highest BCUT2D eigenvalue weighted by Crippen LogP contribution is 2.36. The van der Waals surface area contributed by atoms with Gasteiger partial charge >= 0.3 is 5.97 Å². The van der Waals surface area contributed by atoms with Crippen LogP contribution < -0.4 is 4.74 Å². The number of carbonyl (C=O) groups is 2. The standard InChI is InChI=1S/C22H22N2O5S/c1-4-24-20(26)19(30-22(24)23-17-10-5-13(2)11-18(17)25)12-15-6-8-16(9-7-15)29-14(3)21(27)28/h5-12,14,25H,4H2,1-3H3,(H,27,28)/b19-12-,23-22?. The van der Waals surface area contributed by atoms with Crippen molar-refractivity contribution in [3.63, 3.8) is 0 Å². The molecular formula is C22H22N2O5S. The Balaban J connectivity index is 1.83. The SMILES string of the molecule is CCN1C(=O)/C(=C/c2ccc(OC(C)C(=O)O)cc2)SC1=Nc1ccc(C)cc1O. The second-order valence-corrected chi connectivity index (χ2v) is 7.72. The van der Waals surface area contributed by atoms with Crippen LogP contribution in [-0.4, -0.2) is 44.8 Å². The Labute approximate surface area is 178 Å². The maximum Gasteiger partial charge on any atom is 0.344 e. The number of benzene rings is 2. The Hall–Kier alpha value is -3.26. The van der Waals surface area contributed by atoms with Crippen LogP contribution >= 0.6 is 11.8 Å². The van der Waals surface area contributed by atoms with Crippen molar-refractivity contribution < 1.29 is 24.5 Å². The van der Waals surface area contributed by atoms with Crippen LogP contribution in [0.4, 0.5) is 5.69 Å². The second kappa shape index (κ2) is 9.04. The molecule has 1 fully saturated rings. The minimum atomic E-state index is -1.04. The zero-order chi connectivity index (χ0) is 21.8. The number of hydrogen-bond donors (Lipinski definition) is 2. The molecule has 1 aliphatic heterocycles. The van der Waals surface area contributed by atoms with Crippen molar-refractivity contribution in [1.82, 2.24) is 4.90 Å². The first-order chi connectivity index (χ1) is 14.3. The molecule has 1 unspecified atom stereocenters. The van der Waals surface area contributed by atoms with Crippen LogP contribution in [-0.2, 0) is 9.59 Å². The van der Waals surface area contributed by atoms with Gasteiger partial charge in [-0.3, -0.25) is 9.69 Å². The molecule has 2 N–H and O–H groups in total. The first-order valence-electron chi connectivity index (χ1n) is 9.37. The van der Waals surface area contributed by atoms with E-state index in [1.54, 1.807) is 47.4 Å². The number of aliphatic imine (C=N–C) groups is 1. The number of ether oxygens (including phenoxy) is 1. The van der Waals surface area contributed by atoms with Gasteiger partial charge in [0.1, 0.15) is 17.2 Å². The number of phenols is 1. The van der Waals surface area contributed by atoms with E-state index in [-0.39, 0.29) is 11.7 Å². The summed E-state index contributed by atoms with van der Waals surface area (Å²) in [5, 5.41) is 19.5. The number of rotatable bonds is 6. The van der Waals surface area contributed by atoms with Gasteiger partial charge in [0.05, 0.1) is 4.91 Å². The lowest BCUT2D eigenvalue weighted by atomic mass is 10.2. The van der Waals surface area contributed by atoms with E-state index in [9.17, 15) is 14.7 Å². The van der Waals surface area contributed by atoms with E-state index in [0.717, 1.165) is 11.1 Å². The largest absolute Gasteiger partial charge is 0.506 e. The van der Waals surface area contributed by atoms with Gasteiger partial charge in [-0.15, -0.1) is 0 Å². The lowest BCUT2D eigenvalue weighted by Gasteiger charge is -2.12. The molecule has 156 valence electrons. The molecule has 7 nitrogen and oxygen atoms in total. The molecule has 3 rings (SSSR count). The second-order valence-electron chi connectivity index (χ2n) is 6.71. The van der Waals surface area contributed by atoms with Crippen LogP contribution in [0, 0.1) is 6.92 Å². The van der Waals surface area contributed by atoms with Crippen molar-refractivity contribution in [3.05, 3.63) is 58.5 Å². The molecule has 8 heteroatoms. The Bertz CT molecular complexity index is 1030. The van der Waals surface area contributed by atoms with Gasteiger partial charge in [-0.05, 0) is 74.0 Å². The van der Waals surface area contributed by atoms with Crippen LogP contribution in [0.25, 0.3) is 6.08 Å². The number of amides is 1. The van der Waals surface area contributed by atoms with E-state index < -0.39 is 12.1 Å². The highest BCUT2D eigenvalue weighted by Gasteiger charge is 2.32. The number of carbonyl (C=O) groups excluding carboxylic acids is 1. The van der Waals surface area contributed by atoms with Gasteiger partial charge in [0.25, 0.3) is 5.91 Å². The van der Waals surface area contributed by atoms with Crippen LogP contribution in [0.5, 0.6) is 11.5 Å². The fraction of sp³-hybridized carbons (Fsp3) is 0.227. The Kier molecular flexibility index (Phi) is 6.47. The van der Waals surface area contributed by atoms with Gasteiger partial charge in [-0.2, -0.15) is 0 Å². The van der Waals surface area contributed by atoms with E-state index in [1.807, 2.05) is 19.9 Å². The van der Waals surface area contributed by atoms with Crippen molar-refractivity contribution in [2.24, 2.45) is 4.99 Å². The summed E-state index contributed by atoms with van der Waals surface area (Å²) < 4.78 is 5.32. The Morgan fingerprint density at radius 2 is 1.97 bits per heavy atom. The maximum atomic E-state index is 12.8. The van der Waals surface area contributed by atoms with Crippen molar-refractivity contribution in [1.29, 1.82) is 0 Å². The molecule has 0 saturated carbocycles. The number of amidine groups is 1. The minimum Gasteiger partial charge on any atom is -0.506 e. The van der Waals surface area contributed by atoms with Crippen LogP contribution in [0.2, 0.25) is 0 Å². The van der Waals surface area contributed by atoms with Gasteiger partial charge in [0, 0.05) is 6.54 Å². The van der Waals surface area contributed by atoms with E-state index in [2.05, 4.69) is 4.99 Å². The van der Waals surface area contributed by atoms with E-state index >= 15 is 0 Å². The van der Waals surface area contributed by atoms with Crippen molar-refractivity contribution in [2.45, 2.75) is 26.9 Å². The van der Waals surface area contributed by atoms with Crippen molar-refractivity contribution in [2.75, 3.05) is 6.54 Å². The summed E-state index contributed by atoms with van der Waals surface area (Å²) in [5.74, 6) is -0.701. The Morgan fingerprint density at radius 1 is 1.27 bits per heavy atom. The van der Waals surface area contributed by atoms with Gasteiger partial charge in [0.2, 0.25) is 0 Å². The van der Waals surface area contributed by atoms with Gasteiger partial charge < -0.3 is 14.9 Å². The average molecular weight is 426 g/mol. The first-order valence-corrected chi connectivity index (χ1v) is 10.2. The molecule has 1 saturated heterocycles. The summed E-state index contributed by atoms with van der Waals surface area (Å²) in [6.45, 7) is 5.65. The predicted octanol–water partition coefficient (Wildman–Crippen LogP) is 4.18. The number of nitrogens with zero attached hydrogens (tertiary/aromatic N) is 2. The first kappa shape index (κ1) is 21.4. The Morgan fingerprint density at radius 3 is 2.57 bits per heavy atom. The third-order valence-electron chi connectivity index (χ3n) is 4.39. The van der Waals surface area contributed by atoms with Crippen molar-refractivity contribution >= 4 is 40.6 Å².